The van der Waals surface area contributed by atoms with E-state index in [1.54, 1.807) is 6.92 Å². The van der Waals surface area contributed by atoms with Crippen molar-refractivity contribution in [1.82, 2.24) is 0 Å². The lowest BCUT2D eigenvalue weighted by Crippen LogP contribution is -2.45. The summed E-state index contributed by atoms with van der Waals surface area (Å²) in [5, 5.41) is 0.0608. The van der Waals surface area contributed by atoms with E-state index in [4.69, 9.17) is 20.9 Å². The fraction of sp³-hybridized carbons (Fsp3) is 0.588. The monoisotopic (exact) mass is 322 g/mol. The van der Waals surface area contributed by atoms with E-state index in [-0.39, 0.29) is 5.78 Å². The van der Waals surface area contributed by atoms with Crippen molar-refractivity contribution in [2.24, 2.45) is 0 Å². The molecule has 2 rings (SSSR count). The minimum atomic E-state index is -0.582. The van der Waals surface area contributed by atoms with E-state index in [2.05, 4.69) is 0 Å². The minimum absolute atomic E-state index is 0.0946. The lowest BCUT2D eigenvalue weighted by molar-refractivity contribution is -0.117. The molecule has 0 bridgehead atoms. The minimum Gasteiger partial charge on any atom is -0.403 e. The van der Waals surface area contributed by atoms with E-state index >= 15 is 0 Å². The van der Waals surface area contributed by atoms with Gasteiger partial charge in [-0.2, -0.15) is 0 Å². The smallest absolute Gasteiger partial charge is 0.403 e. The van der Waals surface area contributed by atoms with Gasteiger partial charge in [0.25, 0.3) is 0 Å². The first-order valence-electron chi connectivity index (χ1n) is 7.59. The van der Waals surface area contributed by atoms with Gasteiger partial charge in [-0.15, -0.1) is 0 Å². The Hall–Kier alpha value is -0.835. The molecule has 1 aromatic rings. The second-order valence-electron chi connectivity index (χ2n) is 7.39. The molecule has 1 aromatic carbocycles. The topological polar surface area (TPSA) is 35.5 Å². The molecule has 22 heavy (non-hydrogen) atoms. The van der Waals surface area contributed by atoms with Gasteiger partial charge in [0.05, 0.1) is 11.2 Å². The van der Waals surface area contributed by atoms with Gasteiger partial charge in [-0.1, -0.05) is 30.7 Å². The number of hydrogen-bond acceptors (Lipinski definition) is 3. The zero-order valence-corrected chi connectivity index (χ0v) is 15.0. The van der Waals surface area contributed by atoms with Crippen LogP contribution in [0, 0.1) is 0 Å². The maximum absolute atomic E-state index is 11.9. The zero-order chi connectivity index (χ0) is 16.8. The van der Waals surface area contributed by atoms with Crippen LogP contribution in [0.3, 0.4) is 0 Å². The Morgan fingerprint density at radius 3 is 2.23 bits per heavy atom. The van der Waals surface area contributed by atoms with Crippen molar-refractivity contribution in [1.29, 1.82) is 0 Å². The predicted octanol–water partition coefficient (Wildman–Crippen LogP) is 4.21. The first kappa shape index (κ1) is 17.5. The number of carbonyl (C=O) groups excluding carboxylic acids is 1. The van der Waals surface area contributed by atoms with E-state index in [9.17, 15) is 4.79 Å². The molecule has 1 aliphatic heterocycles. The molecule has 1 saturated heterocycles. The molecule has 0 radical (unpaired) electrons. The molecule has 0 unspecified atom stereocenters. The molecular formula is C17H24BClO3. The van der Waals surface area contributed by atoms with Gasteiger partial charge in [-0.3, -0.25) is 0 Å². The van der Waals surface area contributed by atoms with Crippen molar-refractivity contribution < 1.29 is 14.1 Å². The Labute approximate surface area is 138 Å². The van der Waals surface area contributed by atoms with Crippen LogP contribution >= 0.6 is 11.6 Å². The standard InChI is InChI=1S/C17H24BClO3/c1-12(20)11-17(6,13-8-7-9-14(19)10-13)18-21-15(2,3)16(4,5)22-18/h7-10H,11H2,1-6H3/t17-/m1/s1. The molecule has 120 valence electrons. The summed E-state index contributed by atoms with van der Waals surface area (Å²) in [6.45, 7) is 11.6. The number of carbonyl (C=O) groups is 1. The van der Waals surface area contributed by atoms with E-state index in [1.807, 2.05) is 58.9 Å². The van der Waals surface area contributed by atoms with Crippen molar-refractivity contribution in [3.8, 4) is 0 Å². The molecule has 1 aliphatic rings. The highest BCUT2D eigenvalue weighted by Gasteiger charge is 2.58. The van der Waals surface area contributed by atoms with Crippen LogP contribution in [-0.2, 0) is 19.4 Å². The van der Waals surface area contributed by atoms with Crippen molar-refractivity contribution in [3.05, 3.63) is 34.9 Å². The fourth-order valence-corrected chi connectivity index (χ4v) is 2.98. The second-order valence-corrected chi connectivity index (χ2v) is 7.83. The third kappa shape index (κ3) is 3.10. The summed E-state index contributed by atoms with van der Waals surface area (Å²) < 4.78 is 12.4. The molecule has 1 heterocycles. The molecular weight excluding hydrogens is 298 g/mol. The third-order valence-electron chi connectivity index (χ3n) is 4.87. The van der Waals surface area contributed by atoms with Crippen molar-refractivity contribution >= 4 is 24.5 Å². The van der Waals surface area contributed by atoms with Gasteiger partial charge in [0.1, 0.15) is 5.78 Å². The summed E-state index contributed by atoms with van der Waals surface area (Å²) in [5.74, 6) is 0.0946. The van der Waals surface area contributed by atoms with Gasteiger partial charge >= 0.3 is 7.12 Å². The van der Waals surface area contributed by atoms with Gasteiger partial charge in [-0.25, -0.2) is 0 Å². The molecule has 0 aromatic heterocycles. The van der Waals surface area contributed by atoms with Gasteiger partial charge in [-0.05, 0) is 52.3 Å². The number of rotatable bonds is 4. The van der Waals surface area contributed by atoms with E-state index in [0.717, 1.165) is 5.56 Å². The number of ketones is 1. The van der Waals surface area contributed by atoms with Crippen molar-refractivity contribution in [3.63, 3.8) is 0 Å². The van der Waals surface area contributed by atoms with E-state index < -0.39 is 23.6 Å². The van der Waals surface area contributed by atoms with Crippen LogP contribution in [0.25, 0.3) is 0 Å². The first-order valence-corrected chi connectivity index (χ1v) is 7.97. The van der Waals surface area contributed by atoms with Crippen LogP contribution < -0.4 is 0 Å². The quantitative estimate of drug-likeness (QED) is 0.779. The summed E-state index contributed by atoms with van der Waals surface area (Å²) >= 11 is 6.14. The summed E-state index contributed by atoms with van der Waals surface area (Å²) in [7, 11) is -0.500. The van der Waals surface area contributed by atoms with Crippen molar-refractivity contribution in [2.75, 3.05) is 0 Å². The predicted molar refractivity (Wildman–Crippen MR) is 90.2 cm³/mol. The molecule has 1 fully saturated rings. The Bertz CT molecular complexity index is 569. The number of benzene rings is 1. The highest BCUT2D eigenvalue weighted by atomic mass is 35.5. The van der Waals surface area contributed by atoms with Crippen LogP contribution in [0.2, 0.25) is 5.02 Å². The normalized spacial score (nSPS) is 22.4. The maximum atomic E-state index is 11.9. The number of hydrogen-bond donors (Lipinski definition) is 0. The third-order valence-corrected chi connectivity index (χ3v) is 5.11. The highest BCUT2D eigenvalue weighted by Crippen LogP contribution is 2.44. The van der Waals surface area contributed by atoms with Crippen LogP contribution in [0.4, 0.5) is 0 Å². The number of Topliss-reactive ketones (excluding diaryl/α,β-unsaturated/α-hetero) is 1. The fourth-order valence-electron chi connectivity index (χ4n) is 2.79. The van der Waals surface area contributed by atoms with E-state index in [1.165, 1.54) is 0 Å². The maximum Gasteiger partial charge on any atom is 0.469 e. The molecule has 5 heteroatoms. The van der Waals surface area contributed by atoms with Crippen molar-refractivity contribution in [2.45, 2.75) is 64.5 Å². The number of halogens is 1. The van der Waals surface area contributed by atoms with Gasteiger partial charge < -0.3 is 14.1 Å². The molecule has 3 nitrogen and oxygen atoms in total. The molecule has 0 spiro atoms. The summed E-state index contributed by atoms with van der Waals surface area (Å²) in [6.07, 6.45) is 0.337. The van der Waals surface area contributed by atoms with Crippen LogP contribution in [-0.4, -0.2) is 24.1 Å². The van der Waals surface area contributed by atoms with E-state index in [0.29, 0.717) is 11.4 Å². The van der Waals surface area contributed by atoms with Gasteiger partial charge in [0, 0.05) is 16.8 Å². The molecule has 0 saturated carbocycles. The summed E-state index contributed by atoms with van der Waals surface area (Å²) in [5.41, 5.74) is 0.0801. The summed E-state index contributed by atoms with van der Waals surface area (Å²) in [6, 6.07) is 7.57. The molecule has 0 amide bonds. The molecule has 1 atom stereocenters. The average molecular weight is 323 g/mol. The highest BCUT2D eigenvalue weighted by molar-refractivity contribution is 6.50. The lowest BCUT2D eigenvalue weighted by Gasteiger charge is -2.32. The van der Waals surface area contributed by atoms with Crippen LogP contribution in [0.15, 0.2) is 24.3 Å². The lowest BCUT2D eigenvalue weighted by atomic mass is 9.53. The molecule has 0 aliphatic carbocycles. The zero-order valence-electron chi connectivity index (χ0n) is 14.2. The second kappa shape index (κ2) is 5.66. The Kier molecular flexibility index (Phi) is 4.51. The SMILES string of the molecule is CC(=O)C[C@@](C)(B1OC(C)(C)C(C)(C)O1)c1cccc(Cl)c1. The Morgan fingerprint density at radius 2 is 1.77 bits per heavy atom. The van der Waals surface area contributed by atoms with Crippen LogP contribution in [0.1, 0.15) is 53.5 Å². The van der Waals surface area contributed by atoms with Gasteiger partial charge in [0.15, 0.2) is 0 Å². The first-order chi connectivity index (χ1) is 9.98. The molecule has 0 N–H and O–H groups in total. The van der Waals surface area contributed by atoms with Crippen LogP contribution in [0.5, 0.6) is 0 Å². The largest absolute Gasteiger partial charge is 0.469 e. The Morgan fingerprint density at radius 1 is 1.23 bits per heavy atom. The average Bonchev–Trinajstić information content (AvgIpc) is 2.58. The van der Waals surface area contributed by atoms with Gasteiger partial charge in [0.2, 0.25) is 0 Å². The Balaban J connectivity index is 2.45. The summed E-state index contributed by atoms with van der Waals surface area (Å²) in [4.78, 5) is 11.9.